The molecule has 144 valence electrons. The van der Waals surface area contributed by atoms with Gasteiger partial charge in [0.05, 0.1) is 0 Å². The van der Waals surface area contributed by atoms with E-state index in [1.807, 2.05) is 54.6 Å². The van der Waals surface area contributed by atoms with E-state index in [9.17, 15) is 4.79 Å². The largest absolute Gasteiger partial charge is 0.489 e. The van der Waals surface area contributed by atoms with Crippen molar-refractivity contribution in [3.63, 3.8) is 0 Å². The first kappa shape index (κ1) is 18.5. The number of hydrogen-bond acceptors (Lipinski definition) is 5. The Bertz CT molecular complexity index is 1140. The van der Waals surface area contributed by atoms with Crippen LogP contribution in [0.5, 0.6) is 11.5 Å². The zero-order chi connectivity index (χ0) is 20.1. The predicted octanol–water partition coefficient (Wildman–Crippen LogP) is 5.33. The average Bonchev–Trinajstić information content (AvgIpc) is 3.11. The van der Waals surface area contributed by atoms with E-state index in [-0.39, 0.29) is 0 Å². The fourth-order valence-corrected chi connectivity index (χ4v) is 2.82. The Morgan fingerprint density at radius 3 is 2.55 bits per heavy atom. The van der Waals surface area contributed by atoms with E-state index in [0.29, 0.717) is 29.3 Å². The molecule has 0 atom stereocenters. The molecule has 4 rings (SSSR count). The molecule has 1 aromatic heterocycles. The molecule has 29 heavy (non-hydrogen) atoms. The summed E-state index contributed by atoms with van der Waals surface area (Å²) in [5, 5.41) is 0. The Morgan fingerprint density at radius 2 is 1.76 bits per heavy atom. The van der Waals surface area contributed by atoms with E-state index in [1.54, 1.807) is 31.2 Å². The van der Waals surface area contributed by atoms with Crippen molar-refractivity contribution in [1.29, 1.82) is 0 Å². The summed E-state index contributed by atoms with van der Waals surface area (Å²) >= 11 is 0. The highest BCUT2D eigenvalue weighted by Gasteiger charge is 2.06. The molecule has 4 aromatic rings. The van der Waals surface area contributed by atoms with Gasteiger partial charge in [0.15, 0.2) is 11.5 Å². The molecule has 0 aliphatic rings. The molecule has 0 saturated carbocycles. The van der Waals surface area contributed by atoms with Crippen LogP contribution >= 0.6 is 0 Å². The fraction of sp³-hybridized carbons (Fsp3) is 0.0833. The van der Waals surface area contributed by atoms with Crippen LogP contribution in [0.4, 0.5) is 0 Å². The van der Waals surface area contributed by atoms with Crippen LogP contribution in [0.15, 0.2) is 83.3 Å². The molecule has 5 nitrogen and oxygen atoms in total. The van der Waals surface area contributed by atoms with E-state index >= 15 is 0 Å². The van der Waals surface area contributed by atoms with Gasteiger partial charge in [-0.25, -0.2) is 9.78 Å². The Kier molecular flexibility index (Phi) is 5.38. The number of aromatic nitrogens is 1. The van der Waals surface area contributed by atoms with Crippen molar-refractivity contribution in [3.8, 4) is 11.5 Å². The standard InChI is InChI=1S/C24H19NO4/c1-17-25-22-15-21(12-13-23(22)28-17)29-24(26)14-9-18-7-10-20(11-8-18)27-16-19-5-3-2-4-6-19/h2-15H,16H2,1H3/b14-9+. The number of ether oxygens (including phenoxy) is 2. The molecule has 5 heteroatoms. The lowest BCUT2D eigenvalue weighted by molar-refractivity contribution is -0.128. The lowest BCUT2D eigenvalue weighted by Gasteiger charge is -2.06. The number of rotatable bonds is 6. The summed E-state index contributed by atoms with van der Waals surface area (Å²) in [5.41, 5.74) is 3.30. The summed E-state index contributed by atoms with van der Waals surface area (Å²) in [7, 11) is 0. The third-order valence-electron chi connectivity index (χ3n) is 4.22. The normalized spacial score (nSPS) is 11.1. The highest BCUT2D eigenvalue weighted by atomic mass is 16.5. The monoisotopic (exact) mass is 385 g/mol. The van der Waals surface area contributed by atoms with Gasteiger partial charge in [0, 0.05) is 19.1 Å². The summed E-state index contributed by atoms with van der Waals surface area (Å²) in [4.78, 5) is 16.3. The topological polar surface area (TPSA) is 61.6 Å². The van der Waals surface area contributed by atoms with Gasteiger partial charge in [0.1, 0.15) is 23.6 Å². The minimum absolute atomic E-state index is 0.421. The van der Waals surface area contributed by atoms with Crippen molar-refractivity contribution in [2.75, 3.05) is 0 Å². The van der Waals surface area contributed by atoms with Gasteiger partial charge < -0.3 is 13.9 Å². The van der Waals surface area contributed by atoms with Crippen LogP contribution in [0.2, 0.25) is 0 Å². The van der Waals surface area contributed by atoms with E-state index in [2.05, 4.69) is 4.98 Å². The van der Waals surface area contributed by atoms with Crippen molar-refractivity contribution in [2.45, 2.75) is 13.5 Å². The van der Waals surface area contributed by atoms with Crippen molar-refractivity contribution < 1.29 is 18.7 Å². The van der Waals surface area contributed by atoms with E-state index in [1.165, 1.54) is 6.08 Å². The van der Waals surface area contributed by atoms with Crippen LogP contribution in [0.3, 0.4) is 0 Å². The van der Waals surface area contributed by atoms with Crippen LogP contribution in [-0.2, 0) is 11.4 Å². The zero-order valence-electron chi connectivity index (χ0n) is 15.9. The molecular weight excluding hydrogens is 366 g/mol. The third kappa shape index (κ3) is 4.90. The molecule has 0 bridgehead atoms. The Morgan fingerprint density at radius 1 is 1.00 bits per heavy atom. The van der Waals surface area contributed by atoms with Gasteiger partial charge in [-0.3, -0.25) is 0 Å². The zero-order valence-corrected chi connectivity index (χ0v) is 15.9. The van der Waals surface area contributed by atoms with Crippen LogP contribution < -0.4 is 9.47 Å². The summed E-state index contributed by atoms with van der Waals surface area (Å²) in [5.74, 6) is 1.29. The summed E-state index contributed by atoms with van der Waals surface area (Å²) in [6.07, 6.45) is 3.08. The molecule has 3 aromatic carbocycles. The highest BCUT2D eigenvalue weighted by Crippen LogP contribution is 2.21. The summed E-state index contributed by atoms with van der Waals surface area (Å²) in [6.45, 7) is 2.28. The molecular formula is C24H19NO4. The maximum Gasteiger partial charge on any atom is 0.336 e. The number of esters is 1. The Balaban J connectivity index is 1.33. The van der Waals surface area contributed by atoms with Crippen LogP contribution in [0.25, 0.3) is 17.2 Å². The quantitative estimate of drug-likeness (QED) is 0.255. The molecule has 0 N–H and O–H groups in total. The number of carbonyl (C=O) groups is 1. The van der Waals surface area contributed by atoms with Gasteiger partial charge in [0.2, 0.25) is 0 Å². The lowest BCUT2D eigenvalue weighted by Crippen LogP contribution is -2.03. The molecule has 0 fully saturated rings. The first-order valence-corrected chi connectivity index (χ1v) is 9.19. The fourth-order valence-electron chi connectivity index (χ4n) is 2.82. The minimum Gasteiger partial charge on any atom is -0.489 e. The molecule has 1 heterocycles. The van der Waals surface area contributed by atoms with Crippen molar-refractivity contribution in [2.24, 2.45) is 0 Å². The van der Waals surface area contributed by atoms with Crippen molar-refractivity contribution in [1.82, 2.24) is 4.98 Å². The summed E-state index contributed by atoms with van der Waals surface area (Å²) in [6, 6.07) is 22.6. The Hall–Kier alpha value is -3.86. The number of nitrogens with zero attached hydrogens (tertiary/aromatic N) is 1. The molecule has 0 aliphatic heterocycles. The van der Waals surface area contributed by atoms with Crippen LogP contribution in [0, 0.1) is 6.92 Å². The van der Waals surface area contributed by atoms with Gasteiger partial charge in [-0.2, -0.15) is 0 Å². The number of benzene rings is 3. The highest BCUT2D eigenvalue weighted by molar-refractivity contribution is 5.89. The second-order valence-corrected chi connectivity index (χ2v) is 6.46. The van der Waals surface area contributed by atoms with E-state index < -0.39 is 5.97 Å². The molecule has 0 amide bonds. The third-order valence-corrected chi connectivity index (χ3v) is 4.22. The molecule has 0 radical (unpaired) electrons. The van der Waals surface area contributed by atoms with E-state index in [0.717, 1.165) is 16.9 Å². The number of fused-ring (bicyclic) bond motifs is 1. The maximum atomic E-state index is 12.1. The maximum absolute atomic E-state index is 12.1. The molecule has 0 saturated heterocycles. The number of carbonyl (C=O) groups excluding carboxylic acids is 1. The van der Waals surface area contributed by atoms with Crippen LogP contribution in [0.1, 0.15) is 17.0 Å². The van der Waals surface area contributed by atoms with Gasteiger partial charge in [-0.15, -0.1) is 0 Å². The number of oxazole rings is 1. The SMILES string of the molecule is Cc1nc2cc(OC(=O)/C=C/c3ccc(OCc4ccccc4)cc3)ccc2o1. The first-order chi connectivity index (χ1) is 14.2. The van der Waals surface area contributed by atoms with Crippen molar-refractivity contribution >= 4 is 23.1 Å². The second kappa shape index (κ2) is 8.44. The second-order valence-electron chi connectivity index (χ2n) is 6.46. The predicted molar refractivity (Wildman–Crippen MR) is 111 cm³/mol. The van der Waals surface area contributed by atoms with Crippen molar-refractivity contribution in [3.05, 3.63) is 95.9 Å². The smallest absolute Gasteiger partial charge is 0.336 e. The lowest BCUT2D eigenvalue weighted by atomic mass is 10.2. The molecule has 0 unspecified atom stereocenters. The average molecular weight is 385 g/mol. The molecule has 0 aliphatic carbocycles. The first-order valence-electron chi connectivity index (χ1n) is 9.19. The Labute approximate surface area is 168 Å². The van der Waals surface area contributed by atoms with E-state index in [4.69, 9.17) is 13.9 Å². The van der Waals surface area contributed by atoms with Gasteiger partial charge in [0.25, 0.3) is 0 Å². The van der Waals surface area contributed by atoms with Gasteiger partial charge in [-0.1, -0.05) is 42.5 Å². The number of hydrogen-bond donors (Lipinski definition) is 0. The van der Waals surface area contributed by atoms with Gasteiger partial charge >= 0.3 is 5.97 Å². The minimum atomic E-state index is -0.464. The van der Waals surface area contributed by atoms with Gasteiger partial charge in [-0.05, 0) is 41.5 Å². The van der Waals surface area contributed by atoms with Crippen LogP contribution in [-0.4, -0.2) is 11.0 Å². The summed E-state index contributed by atoms with van der Waals surface area (Å²) < 4.78 is 16.5. The molecule has 0 spiro atoms. The number of aryl methyl sites for hydroxylation is 1.